The number of aromatic nitrogens is 1. The van der Waals surface area contributed by atoms with E-state index in [1.807, 2.05) is 60.7 Å². The lowest BCUT2D eigenvalue weighted by molar-refractivity contribution is -0.137. The first-order valence-corrected chi connectivity index (χ1v) is 11.9. The SMILES string of the molecule is O=C(NC(Cc1ccccc1)(c1cccc(C(F)(F)F)c1)c1ccccn1)[C@@H]1C[C@H]1c1ccccc1. The van der Waals surface area contributed by atoms with Crippen molar-refractivity contribution in [1.29, 1.82) is 0 Å². The number of carbonyl (C=O) groups is 1. The van der Waals surface area contributed by atoms with Crippen molar-refractivity contribution in [3.05, 3.63) is 137 Å². The second-order valence-electron chi connectivity index (χ2n) is 9.21. The fourth-order valence-corrected chi connectivity index (χ4v) is 4.86. The van der Waals surface area contributed by atoms with Crippen LogP contribution in [-0.2, 0) is 22.9 Å². The third-order valence-corrected chi connectivity index (χ3v) is 6.79. The van der Waals surface area contributed by atoms with Crippen molar-refractivity contribution >= 4 is 5.91 Å². The van der Waals surface area contributed by atoms with Gasteiger partial charge in [0.25, 0.3) is 0 Å². The molecule has 0 aliphatic heterocycles. The normalized spacial score (nSPS) is 18.8. The van der Waals surface area contributed by atoms with Crippen molar-refractivity contribution in [2.24, 2.45) is 5.92 Å². The summed E-state index contributed by atoms with van der Waals surface area (Å²) in [6.45, 7) is 0. The summed E-state index contributed by atoms with van der Waals surface area (Å²) >= 11 is 0. The Morgan fingerprint density at radius 1 is 0.833 bits per heavy atom. The molecule has 0 saturated heterocycles. The van der Waals surface area contributed by atoms with Gasteiger partial charge in [-0.2, -0.15) is 13.2 Å². The number of nitrogens with zero attached hydrogens (tertiary/aromatic N) is 1. The fourth-order valence-electron chi connectivity index (χ4n) is 4.86. The van der Waals surface area contributed by atoms with E-state index in [1.165, 1.54) is 6.07 Å². The summed E-state index contributed by atoms with van der Waals surface area (Å²) in [7, 11) is 0. The Labute approximate surface area is 208 Å². The van der Waals surface area contributed by atoms with E-state index >= 15 is 0 Å². The largest absolute Gasteiger partial charge is 0.416 e. The number of benzene rings is 3. The van der Waals surface area contributed by atoms with E-state index in [9.17, 15) is 18.0 Å². The predicted molar refractivity (Wildman–Crippen MR) is 132 cm³/mol. The summed E-state index contributed by atoms with van der Waals surface area (Å²) in [5, 5.41) is 3.18. The fraction of sp³-hybridized carbons (Fsp3) is 0.200. The Hall–Kier alpha value is -3.93. The van der Waals surface area contributed by atoms with Crippen LogP contribution in [0.2, 0.25) is 0 Å². The summed E-state index contributed by atoms with van der Waals surface area (Å²) in [6, 6.07) is 29.7. The second-order valence-corrected chi connectivity index (χ2v) is 9.21. The van der Waals surface area contributed by atoms with Crippen molar-refractivity contribution in [1.82, 2.24) is 10.3 Å². The number of halogens is 3. The lowest BCUT2D eigenvalue weighted by atomic mass is 9.79. The molecule has 1 amide bonds. The van der Waals surface area contributed by atoms with Gasteiger partial charge in [-0.25, -0.2) is 0 Å². The van der Waals surface area contributed by atoms with Crippen LogP contribution in [0.15, 0.2) is 109 Å². The zero-order valence-electron chi connectivity index (χ0n) is 19.5. The number of alkyl halides is 3. The van der Waals surface area contributed by atoms with E-state index in [-0.39, 0.29) is 24.2 Å². The number of pyridine rings is 1. The van der Waals surface area contributed by atoms with Gasteiger partial charge in [0.1, 0.15) is 5.54 Å². The van der Waals surface area contributed by atoms with E-state index in [4.69, 9.17) is 0 Å². The standard InChI is InChI=1S/C30H25F3N2O/c31-30(32,33)24-15-9-14-23(18-24)29(27-16-7-8-17-34-27,20-21-10-3-1-4-11-21)35-28(36)26-19-25(26)22-12-5-2-6-13-22/h1-18,25-26H,19-20H2,(H,35,36)/t25-,26+,29?/m0/s1. The molecule has 1 saturated carbocycles. The zero-order chi connectivity index (χ0) is 25.2. The summed E-state index contributed by atoms with van der Waals surface area (Å²) < 4.78 is 41.2. The molecule has 1 aliphatic carbocycles. The van der Waals surface area contributed by atoms with Gasteiger partial charge in [0.2, 0.25) is 5.91 Å². The first-order valence-electron chi connectivity index (χ1n) is 11.9. The van der Waals surface area contributed by atoms with Crippen LogP contribution in [0.4, 0.5) is 13.2 Å². The van der Waals surface area contributed by atoms with E-state index in [0.717, 1.165) is 23.3 Å². The Bertz CT molecular complexity index is 1330. The van der Waals surface area contributed by atoms with Crippen LogP contribution < -0.4 is 5.32 Å². The highest BCUT2D eigenvalue weighted by Crippen LogP contribution is 2.48. The first kappa shape index (κ1) is 23.8. The van der Waals surface area contributed by atoms with Crippen molar-refractivity contribution in [3.8, 4) is 0 Å². The molecule has 3 aromatic carbocycles. The number of nitrogens with one attached hydrogen (secondary N) is 1. The van der Waals surface area contributed by atoms with Gasteiger partial charge in [-0.05, 0) is 53.3 Å². The maximum absolute atomic E-state index is 13.7. The monoisotopic (exact) mass is 486 g/mol. The lowest BCUT2D eigenvalue weighted by Crippen LogP contribution is -2.50. The van der Waals surface area contributed by atoms with Crippen molar-refractivity contribution in [2.45, 2.75) is 30.5 Å². The van der Waals surface area contributed by atoms with E-state index in [0.29, 0.717) is 17.7 Å². The molecule has 0 bridgehead atoms. The van der Waals surface area contributed by atoms with Crippen LogP contribution in [-0.4, -0.2) is 10.9 Å². The van der Waals surface area contributed by atoms with Crippen LogP contribution in [0.1, 0.15) is 40.3 Å². The van der Waals surface area contributed by atoms with Crippen LogP contribution in [0.25, 0.3) is 0 Å². The highest BCUT2D eigenvalue weighted by Gasteiger charge is 2.48. The average Bonchev–Trinajstić information content (AvgIpc) is 3.71. The molecule has 1 fully saturated rings. The Kier molecular flexibility index (Phi) is 6.35. The van der Waals surface area contributed by atoms with Gasteiger partial charge in [0, 0.05) is 18.5 Å². The summed E-state index contributed by atoms with van der Waals surface area (Å²) in [4.78, 5) is 18.2. The molecule has 5 rings (SSSR count). The van der Waals surface area contributed by atoms with Gasteiger partial charge in [0.15, 0.2) is 0 Å². The Balaban J connectivity index is 1.60. The number of hydrogen-bond acceptors (Lipinski definition) is 2. The van der Waals surface area contributed by atoms with Crippen molar-refractivity contribution in [3.63, 3.8) is 0 Å². The van der Waals surface area contributed by atoms with Gasteiger partial charge < -0.3 is 5.32 Å². The van der Waals surface area contributed by atoms with Gasteiger partial charge in [-0.1, -0.05) is 78.9 Å². The molecule has 1 N–H and O–H groups in total. The highest BCUT2D eigenvalue weighted by molar-refractivity contribution is 5.84. The third-order valence-electron chi connectivity index (χ3n) is 6.79. The smallest absolute Gasteiger partial charge is 0.340 e. The second kappa shape index (κ2) is 9.61. The molecule has 182 valence electrons. The molecule has 1 heterocycles. The van der Waals surface area contributed by atoms with Crippen molar-refractivity contribution < 1.29 is 18.0 Å². The lowest BCUT2D eigenvalue weighted by Gasteiger charge is -2.36. The molecule has 0 spiro atoms. The van der Waals surface area contributed by atoms with Gasteiger partial charge >= 0.3 is 6.18 Å². The quantitative estimate of drug-likeness (QED) is 0.324. The first-order chi connectivity index (χ1) is 17.4. The minimum absolute atomic E-state index is 0.0888. The van der Waals surface area contributed by atoms with Crippen LogP contribution >= 0.6 is 0 Å². The molecular weight excluding hydrogens is 461 g/mol. The molecule has 1 aliphatic rings. The molecular formula is C30H25F3N2O. The summed E-state index contributed by atoms with van der Waals surface area (Å²) in [5.74, 6) is -0.356. The molecule has 3 nitrogen and oxygen atoms in total. The topological polar surface area (TPSA) is 42.0 Å². The number of amides is 1. The maximum Gasteiger partial charge on any atom is 0.416 e. The van der Waals surface area contributed by atoms with Crippen LogP contribution in [0.3, 0.4) is 0 Å². The van der Waals surface area contributed by atoms with E-state index in [1.54, 1.807) is 30.5 Å². The summed E-state index contributed by atoms with van der Waals surface area (Å²) in [5.41, 5.74) is 0.726. The minimum Gasteiger partial charge on any atom is -0.340 e. The Morgan fingerprint density at radius 3 is 2.17 bits per heavy atom. The van der Waals surface area contributed by atoms with Gasteiger partial charge in [-0.3, -0.25) is 9.78 Å². The molecule has 6 heteroatoms. The van der Waals surface area contributed by atoms with Gasteiger partial charge in [0.05, 0.1) is 11.3 Å². The molecule has 1 unspecified atom stereocenters. The van der Waals surface area contributed by atoms with Crippen molar-refractivity contribution in [2.75, 3.05) is 0 Å². The number of carbonyl (C=O) groups excluding carboxylic acids is 1. The number of hydrogen-bond donors (Lipinski definition) is 1. The molecule has 0 radical (unpaired) electrons. The maximum atomic E-state index is 13.7. The number of rotatable bonds is 7. The zero-order valence-corrected chi connectivity index (χ0v) is 19.5. The molecule has 1 aromatic heterocycles. The molecule has 4 aromatic rings. The van der Waals surface area contributed by atoms with Gasteiger partial charge in [-0.15, -0.1) is 0 Å². The third kappa shape index (κ3) is 4.89. The highest BCUT2D eigenvalue weighted by atomic mass is 19.4. The minimum atomic E-state index is -4.52. The predicted octanol–water partition coefficient (Wildman–Crippen LogP) is 6.51. The van der Waals surface area contributed by atoms with Crippen LogP contribution in [0, 0.1) is 5.92 Å². The molecule has 3 atom stereocenters. The van der Waals surface area contributed by atoms with E-state index < -0.39 is 17.3 Å². The Morgan fingerprint density at radius 2 is 1.50 bits per heavy atom. The molecule has 36 heavy (non-hydrogen) atoms. The average molecular weight is 487 g/mol. The summed E-state index contributed by atoms with van der Waals surface area (Å²) in [6.07, 6.45) is -1.97. The van der Waals surface area contributed by atoms with E-state index in [2.05, 4.69) is 10.3 Å². The van der Waals surface area contributed by atoms with Crippen LogP contribution in [0.5, 0.6) is 0 Å².